The largest absolute Gasteiger partial charge is 0.421 e. The lowest BCUT2D eigenvalue weighted by Gasteiger charge is -2.43. The van der Waals surface area contributed by atoms with Gasteiger partial charge in [-0.25, -0.2) is 23.2 Å². The zero-order valence-electron chi connectivity index (χ0n) is 32.2. The van der Waals surface area contributed by atoms with E-state index in [0.29, 0.717) is 30.0 Å². The van der Waals surface area contributed by atoms with E-state index in [9.17, 15) is 31.2 Å². The van der Waals surface area contributed by atoms with Crippen LogP contribution in [0.15, 0.2) is 73.1 Å². The second-order valence-electron chi connectivity index (χ2n) is 14.6. The zero-order chi connectivity index (χ0) is 41.0. The number of halogens is 3. The number of nitrogens with one attached hydrogen (secondary N) is 3. The summed E-state index contributed by atoms with van der Waals surface area (Å²) < 4.78 is 67.1. The van der Waals surface area contributed by atoms with Crippen LogP contribution in [0.3, 0.4) is 0 Å². The minimum atomic E-state index is -4.74. The number of para-hydroxylation sites is 1. The van der Waals surface area contributed by atoms with E-state index in [1.807, 2.05) is 48.5 Å². The molecule has 58 heavy (non-hydrogen) atoms. The van der Waals surface area contributed by atoms with E-state index in [4.69, 9.17) is 0 Å². The van der Waals surface area contributed by atoms with Crippen LogP contribution in [0.1, 0.15) is 36.0 Å². The second kappa shape index (κ2) is 17.1. The molecule has 7 rings (SSSR count). The molecule has 0 bridgehead atoms. The molecule has 2 aromatic carbocycles. The summed E-state index contributed by atoms with van der Waals surface area (Å²) in [6, 6.07) is 18.8. The third-order valence-corrected chi connectivity index (χ3v) is 12.0. The Balaban J connectivity index is 0.913. The van der Waals surface area contributed by atoms with Crippen molar-refractivity contribution in [3.63, 3.8) is 0 Å². The van der Waals surface area contributed by atoms with Crippen molar-refractivity contribution >= 4 is 56.6 Å². The lowest BCUT2D eigenvalue weighted by atomic mass is 10.0. The molecule has 15 nitrogen and oxygen atoms in total. The number of nitrogens with zero attached hydrogens (tertiary/aromatic N) is 8. The highest BCUT2D eigenvalue weighted by Crippen LogP contribution is 2.35. The maximum absolute atomic E-state index is 14.0. The fraction of sp³-hybridized carbons (Fsp3) is 0.410. The molecule has 3 fully saturated rings. The van der Waals surface area contributed by atoms with Gasteiger partial charge in [-0.2, -0.15) is 18.2 Å². The van der Waals surface area contributed by atoms with Crippen molar-refractivity contribution in [2.45, 2.75) is 44.6 Å². The fourth-order valence-electron chi connectivity index (χ4n) is 7.58. The van der Waals surface area contributed by atoms with Crippen molar-refractivity contribution in [3.8, 4) is 0 Å². The molecule has 3 amide bonds. The number of imide groups is 1. The number of hydrogen-bond acceptors (Lipinski definition) is 12. The summed E-state index contributed by atoms with van der Waals surface area (Å²) in [5.41, 5.74) is 2.85. The molecule has 0 atom stereocenters. The van der Waals surface area contributed by atoms with E-state index >= 15 is 0 Å². The van der Waals surface area contributed by atoms with Gasteiger partial charge in [-0.1, -0.05) is 24.3 Å². The number of hydrogen-bond donors (Lipinski definition) is 3. The molecule has 3 N–H and O–H groups in total. The Morgan fingerprint density at radius 2 is 1.60 bits per heavy atom. The van der Waals surface area contributed by atoms with Crippen LogP contribution in [-0.2, 0) is 34.1 Å². The van der Waals surface area contributed by atoms with Crippen molar-refractivity contribution in [2.75, 3.05) is 83.9 Å². The summed E-state index contributed by atoms with van der Waals surface area (Å²) >= 11 is 0. The first kappa shape index (κ1) is 40.7. The molecule has 0 unspecified atom stereocenters. The standard InChI is InChI=1S/C39H46F3N11O4S/c1-49(58(2,56)57)36-27(7-5-16-43-36)24-44-35-32(39(40,41)42)25-45-37(48-35)46-29-9-11-30(12-10-29)51-17-13-31(14-18-51)52-22-20-50(21-23-52)26-28-6-3-4-8-33(28)53-19-15-34(54)47-38(53)55/h3-12,16,25,31H,13-15,17-24,26H2,1-2H3,(H,47,54,55)(H2,44,45,46,48). The van der Waals surface area contributed by atoms with Crippen LogP contribution >= 0.6 is 0 Å². The lowest BCUT2D eigenvalue weighted by Crippen LogP contribution is -2.53. The number of aromatic nitrogens is 3. The number of alkyl halides is 3. The number of piperazine rings is 1. The molecule has 3 aliphatic rings. The normalized spacial score (nSPS) is 17.6. The first-order valence-corrected chi connectivity index (χ1v) is 20.9. The van der Waals surface area contributed by atoms with Gasteiger partial charge in [-0.05, 0) is 54.8 Å². The Hall–Kier alpha value is -5.53. The summed E-state index contributed by atoms with van der Waals surface area (Å²) in [6.45, 7) is 6.46. The molecule has 0 saturated carbocycles. The molecule has 0 spiro atoms. The summed E-state index contributed by atoms with van der Waals surface area (Å²) in [6.07, 6.45) is 0.718. The molecule has 0 radical (unpaired) electrons. The zero-order valence-corrected chi connectivity index (χ0v) is 33.1. The Kier molecular flexibility index (Phi) is 12.0. The van der Waals surface area contributed by atoms with Crippen LogP contribution in [0.25, 0.3) is 0 Å². The Bertz CT molecular complexity index is 2210. The minimum Gasteiger partial charge on any atom is -0.371 e. The van der Waals surface area contributed by atoms with E-state index in [1.54, 1.807) is 17.0 Å². The predicted molar refractivity (Wildman–Crippen MR) is 216 cm³/mol. The number of sulfonamides is 1. The molecule has 19 heteroatoms. The molecular weight excluding hydrogens is 776 g/mol. The Labute approximate surface area is 335 Å². The first-order valence-electron chi connectivity index (χ1n) is 19.1. The molecular formula is C39H46F3N11O4S. The molecule has 3 saturated heterocycles. The Morgan fingerprint density at radius 1 is 0.897 bits per heavy atom. The number of anilines is 6. The number of amides is 3. The minimum absolute atomic E-state index is 0.0415. The summed E-state index contributed by atoms with van der Waals surface area (Å²) in [7, 11) is -2.34. The van der Waals surface area contributed by atoms with Gasteiger partial charge in [0.1, 0.15) is 17.2 Å². The van der Waals surface area contributed by atoms with E-state index in [2.05, 4.69) is 45.6 Å². The monoisotopic (exact) mass is 821 g/mol. The number of piperidine rings is 1. The summed E-state index contributed by atoms with van der Waals surface area (Å²) in [5.74, 6) is -0.663. The summed E-state index contributed by atoms with van der Waals surface area (Å²) in [5, 5.41) is 8.13. The molecule has 2 aromatic heterocycles. The van der Waals surface area contributed by atoms with Gasteiger partial charge in [0.25, 0.3) is 0 Å². The number of carbonyl (C=O) groups excluding carboxylic acids is 2. The van der Waals surface area contributed by atoms with Gasteiger partial charge in [0.05, 0.1) is 6.26 Å². The van der Waals surface area contributed by atoms with Crippen LogP contribution in [0.2, 0.25) is 0 Å². The van der Waals surface area contributed by atoms with Gasteiger partial charge in [0.15, 0.2) is 0 Å². The van der Waals surface area contributed by atoms with Gasteiger partial charge < -0.3 is 15.5 Å². The molecule has 4 aromatic rings. The molecule has 308 valence electrons. The van der Waals surface area contributed by atoms with Crippen LogP contribution in [-0.4, -0.2) is 110 Å². The number of benzene rings is 2. The molecule has 5 heterocycles. The average Bonchev–Trinajstić information content (AvgIpc) is 3.20. The van der Waals surface area contributed by atoms with Crippen molar-refractivity contribution in [3.05, 3.63) is 89.7 Å². The predicted octanol–water partition coefficient (Wildman–Crippen LogP) is 4.87. The van der Waals surface area contributed by atoms with E-state index in [-0.39, 0.29) is 36.7 Å². The lowest BCUT2D eigenvalue weighted by molar-refractivity contribution is -0.137. The highest BCUT2D eigenvalue weighted by molar-refractivity contribution is 7.92. The number of rotatable bonds is 12. The van der Waals surface area contributed by atoms with Gasteiger partial charge in [-0.3, -0.25) is 29.1 Å². The average molecular weight is 822 g/mol. The maximum atomic E-state index is 14.0. The number of carbonyl (C=O) groups is 2. The maximum Gasteiger partial charge on any atom is 0.421 e. The van der Waals surface area contributed by atoms with E-state index < -0.39 is 27.6 Å². The van der Waals surface area contributed by atoms with Gasteiger partial charge in [-0.15, -0.1) is 0 Å². The van der Waals surface area contributed by atoms with Crippen LogP contribution in [0, 0.1) is 0 Å². The highest BCUT2D eigenvalue weighted by Gasteiger charge is 2.36. The van der Waals surface area contributed by atoms with Crippen molar-refractivity contribution < 1.29 is 31.2 Å². The van der Waals surface area contributed by atoms with Crippen molar-refractivity contribution in [1.29, 1.82) is 0 Å². The third kappa shape index (κ3) is 9.59. The third-order valence-electron chi connectivity index (χ3n) is 10.8. The van der Waals surface area contributed by atoms with E-state index in [0.717, 1.165) is 86.2 Å². The molecule has 3 aliphatic heterocycles. The number of urea groups is 1. The van der Waals surface area contributed by atoms with Gasteiger partial charge in [0.2, 0.25) is 21.9 Å². The van der Waals surface area contributed by atoms with Crippen molar-refractivity contribution in [1.82, 2.24) is 30.1 Å². The van der Waals surface area contributed by atoms with Crippen molar-refractivity contribution in [2.24, 2.45) is 0 Å². The van der Waals surface area contributed by atoms with Crippen LogP contribution in [0.4, 0.5) is 52.6 Å². The topological polar surface area (TPSA) is 159 Å². The smallest absolute Gasteiger partial charge is 0.371 e. The number of pyridine rings is 1. The highest BCUT2D eigenvalue weighted by atomic mass is 32.2. The van der Waals surface area contributed by atoms with E-state index in [1.165, 1.54) is 13.2 Å². The Morgan fingerprint density at radius 3 is 2.29 bits per heavy atom. The molecule has 0 aliphatic carbocycles. The van der Waals surface area contributed by atoms with Crippen LogP contribution in [0.5, 0.6) is 0 Å². The summed E-state index contributed by atoms with van der Waals surface area (Å²) in [4.78, 5) is 45.4. The fourth-order valence-corrected chi connectivity index (χ4v) is 8.05. The van der Waals surface area contributed by atoms with Crippen LogP contribution < -0.4 is 30.1 Å². The quantitative estimate of drug-likeness (QED) is 0.178. The first-order chi connectivity index (χ1) is 27.7. The van der Waals surface area contributed by atoms with Gasteiger partial charge in [0, 0.05) is 113 Å². The second-order valence-corrected chi connectivity index (χ2v) is 16.6. The SMILES string of the molecule is CN(c1ncccc1CNc1nc(Nc2ccc(N3CCC(N4CCN(Cc5ccccc5N5CCC(=O)NC5=O)CC4)CC3)cc2)ncc1C(F)(F)F)S(C)(=O)=O. The van der Waals surface area contributed by atoms with Gasteiger partial charge >= 0.3 is 12.2 Å².